The van der Waals surface area contributed by atoms with Gasteiger partial charge in [0.05, 0.1) is 22.8 Å². The average Bonchev–Trinajstić information content (AvgIpc) is 2.34. The first-order valence-corrected chi connectivity index (χ1v) is 8.04. The van der Waals surface area contributed by atoms with Crippen LogP contribution in [-0.4, -0.2) is 38.5 Å². The number of carboxylic acid groups (broad SMARTS) is 1. The summed E-state index contributed by atoms with van der Waals surface area (Å²) in [6, 6.07) is 4.27. The van der Waals surface area contributed by atoms with E-state index < -0.39 is 15.8 Å². The monoisotopic (exact) mass is 300 g/mol. The number of carboxylic acids is 1. The Kier molecular flexibility index (Phi) is 5.71. The Morgan fingerprint density at radius 2 is 2.00 bits per heavy atom. The first-order valence-electron chi connectivity index (χ1n) is 6.39. The summed E-state index contributed by atoms with van der Waals surface area (Å²) in [6.45, 7) is 6.08. The van der Waals surface area contributed by atoms with Crippen LogP contribution in [0.25, 0.3) is 0 Å². The van der Waals surface area contributed by atoms with Gasteiger partial charge in [-0.2, -0.15) is 0 Å². The fourth-order valence-corrected chi connectivity index (χ4v) is 3.20. The van der Waals surface area contributed by atoms with E-state index in [1.165, 1.54) is 25.1 Å². The number of hydrogen-bond acceptors (Lipinski definition) is 4. The quantitative estimate of drug-likeness (QED) is 0.780. The highest BCUT2D eigenvalue weighted by atomic mass is 32.2. The van der Waals surface area contributed by atoms with Gasteiger partial charge in [-0.1, -0.05) is 19.9 Å². The minimum absolute atomic E-state index is 0.00849. The molecule has 0 atom stereocenters. The molecule has 0 unspecified atom stereocenters. The smallest absolute Gasteiger partial charge is 0.335 e. The molecule has 0 aliphatic carbocycles. The van der Waals surface area contributed by atoms with Crippen molar-refractivity contribution in [2.24, 2.45) is 5.92 Å². The van der Waals surface area contributed by atoms with Gasteiger partial charge < -0.3 is 9.84 Å². The third kappa shape index (κ3) is 4.31. The lowest BCUT2D eigenvalue weighted by Crippen LogP contribution is -2.16. The predicted molar refractivity (Wildman–Crippen MR) is 75.8 cm³/mol. The Bertz CT molecular complexity index is 575. The molecule has 0 spiro atoms. The highest BCUT2D eigenvalue weighted by molar-refractivity contribution is 7.91. The molecule has 6 heteroatoms. The molecule has 1 aromatic carbocycles. The van der Waals surface area contributed by atoms with Gasteiger partial charge in [0.1, 0.15) is 0 Å². The van der Waals surface area contributed by atoms with E-state index in [4.69, 9.17) is 9.84 Å². The Morgan fingerprint density at radius 3 is 2.55 bits per heavy atom. The van der Waals surface area contributed by atoms with Crippen molar-refractivity contribution in [3.8, 4) is 0 Å². The Morgan fingerprint density at radius 1 is 1.35 bits per heavy atom. The molecule has 1 aromatic rings. The molecule has 0 amide bonds. The average molecular weight is 300 g/mol. The third-order valence-electron chi connectivity index (χ3n) is 2.80. The number of sulfone groups is 1. The second-order valence-corrected chi connectivity index (χ2v) is 7.10. The predicted octanol–water partition coefficient (Wildman–Crippen LogP) is 2.14. The van der Waals surface area contributed by atoms with Crippen LogP contribution in [0.4, 0.5) is 0 Å². The van der Waals surface area contributed by atoms with Crippen LogP contribution in [0.15, 0.2) is 23.1 Å². The van der Waals surface area contributed by atoms with Gasteiger partial charge in [-0.3, -0.25) is 0 Å². The van der Waals surface area contributed by atoms with Crippen LogP contribution in [0, 0.1) is 12.8 Å². The third-order valence-corrected chi connectivity index (χ3v) is 4.61. The van der Waals surface area contributed by atoms with Gasteiger partial charge >= 0.3 is 5.97 Å². The molecule has 0 saturated carbocycles. The topological polar surface area (TPSA) is 80.7 Å². The van der Waals surface area contributed by atoms with E-state index >= 15 is 0 Å². The van der Waals surface area contributed by atoms with E-state index in [1.807, 2.05) is 13.8 Å². The van der Waals surface area contributed by atoms with Crippen molar-refractivity contribution in [2.75, 3.05) is 19.0 Å². The zero-order valence-corrected chi connectivity index (χ0v) is 12.7. The first kappa shape index (κ1) is 16.7. The summed E-state index contributed by atoms with van der Waals surface area (Å²) >= 11 is 0. The van der Waals surface area contributed by atoms with Gasteiger partial charge in [0, 0.05) is 6.61 Å². The lowest BCUT2D eigenvalue weighted by Gasteiger charge is -2.11. The normalized spacial score (nSPS) is 11.8. The van der Waals surface area contributed by atoms with E-state index in [-0.39, 0.29) is 28.4 Å². The van der Waals surface area contributed by atoms with Gasteiger partial charge in [0.15, 0.2) is 9.84 Å². The SMILES string of the molecule is Cc1c(C(=O)O)cccc1S(=O)(=O)CCOCC(C)C. The van der Waals surface area contributed by atoms with E-state index in [9.17, 15) is 13.2 Å². The molecule has 20 heavy (non-hydrogen) atoms. The van der Waals surface area contributed by atoms with Crippen molar-refractivity contribution in [3.63, 3.8) is 0 Å². The molecule has 0 fully saturated rings. The summed E-state index contributed by atoms with van der Waals surface area (Å²) in [6.07, 6.45) is 0. The van der Waals surface area contributed by atoms with Crippen LogP contribution in [0.2, 0.25) is 0 Å². The molecule has 0 radical (unpaired) electrons. The molecule has 0 aliphatic rings. The van der Waals surface area contributed by atoms with Gasteiger partial charge in [-0.15, -0.1) is 0 Å². The fraction of sp³-hybridized carbons (Fsp3) is 0.500. The summed E-state index contributed by atoms with van der Waals surface area (Å²) in [5.74, 6) is -0.936. The zero-order valence-electron chi connectivity index (χ0n) is 11.9. The number of carbonyl (C=O) groups is 1. The summed E-state index contributed by atoms with van der Waals surface area (Å²) in [5, 5.41) is 9.01. The summed E-state index contributed by atoms with van der Waals surface area (Å²) < 4.78 is 29.7. The molecule has 0 heterocycles. The second kappa shape index (κ2) is 6.85. The van der Waals surface area contributed by atoms with Crippen molar-refractivity contribution in [3.05, 3.63) is 29.3 Å². The summed E-state index contributed by atoms with van der Waals surface area (Å²) in [4.78, 5) is 11.1. The second-order valence-electron chi connectivity index (χ2n) is 5.02. The highest BCUT2D eigenvalue weighted by Gasteiger charge is 2.20. The molecular formula is C14H20O5S. The fourth-order valence-electron chi connectivity index (χ4n) is 1.78. The molecule has 1 rings (SSSR count). The van der Waals surface area contributed by atoms with Gasteiger partial charge in [0.2, 0.25) is 0 Å². The van der Waals surface area contributed by atoms with Crippen LogP contribution >= 0.6 is 0 Å². The van der Waals surface area contributed by atoms with Crippen LogP contribution in [0.1, 0.15) is 29.8 Å². The van der Waals surface area contributed by atoms with E-state index in [0.717, 1.165) is 0 Å². The first-order chi connectivity index (χ1) is 9.25. The van der Waals surface area contributed by atoms with E-state index in [2.05, 4.69) is 0 Å². The van der Waals surface area contributed by atoms with E-state index in [0.29, 0.717) is 12.5 Å². The Labute approximate surface area is 119 Å². The largest absolute Gasteiger partial charge is 0.478 e. The maximum Gasteiger partial charge on any atom is 0.335 e. The number of ether oxygens (including phenoxy) is 1. The molecule has 5 nitrogen and oxygen atoms in total. The van der Waals surface area contributed by atoms with Gasteiger partial charge in [-0.25, -0.2) is 13.2 Å². The minimum Gasteiger partial charge on any atom is -0.478 e. The van der Waals surface area contributed by atoms with Gasteiger partial charge in [-0.05, 0) is 30.5 Å². The van der Waals surface area contributed by atoms with Crippen LogP contribution in [0.5, 0.6) is 0 Å². The maximum atomic E-state index is 12.2. The molecular weight excluding hydrogens is 280 g/mol. The standard InChI is InChI=1S/C14H20O5S/c1-10(2)9-19-7-8-20(17,18)13-6-4-5-12(11(13)3)14(15)16/h4-6,10H,7-9H2,1-3H3,(H,15,16). The molecule has 1 N–H and O–H groups in total. The maximum absolute atomic E-state index is 12.2. The van der Waals surface area contributed by atoms with Crippen molar-refractivity contribution < 1.29 is 23.1 Å². The summed E-state index contributed by atoms with van der Waals surface area (Å²) in [7, 11) is -3.53. The number of aromatic carboxylic acids is 1. The zero-order chi connectivity index (χ0) is 15.3. The molecule has 0 saturated heterocycles. The van der Waals surface area contributed by atoms with Crippen LogP contribution < -0.4 is 0 Å². The van der Waals surface area contributed by atoms with Crippen molar-refractivity contribution in [1.82, 2.24) is 0 Å². The van der Waals surface area contributed by atoms with Crippen LogP contribution in [0.3, 0.4) is 0 Å². The molecule has 112 valence electrons. The van der Waals surface area contributed by atoms with Crippen molar-refractivity contribution >= 4 is 15.8 Å². The Hall–Kier alpha value is -1.40. The molecule has 0 aromatic heterocycles. The lowest BCUT2D eigenvalue weighted by molar-refractivity contribution is 0.0696. The summed E-state index contributed by atoms with van der Waals surface area (Å²) in [5.41, 5.74) is 0.276. The lowest BCUT2D eigenvalue weighted by atomic mass is 10.1. The van der Waals surface area contributed by atoms with E-state index in [1.54, 1.807) is 0 Å². The minimum atomic E-state index is -3.53. The molecule has 0 bridgehead atoms. The number of rotatable bonds is 7. The van der Waals surface area contributed by atoms with Gasteiger partial charge in [0.25, 0.3) is 0 Å². The number of benzene rings is 1. The number of hydrogen-bond donors (Lipinski definition) is 1. The van der Waals surface area contributed by atoms with Crippen molar-refractivity contribution in [1.29, 1.82) is 0 Å². The van der Waals surface area contributed by atoms with Crippen molar-refractivity contribution in [2.45, 2.75) is 25.7 Å². The Balaban J connectivity index is 2.88. The molecule has 0 aliphatic heterocycles. The highest BCUT2D eigenvalue weighted by Crippen LogP contribution is 2.20. The van der Waals surface area contributed by atoms with Crippen LogP contribution in [-0.2, 0) is 14.6 Å².